The molecule has 4 aliphatic rings. The molecule has 4 aliphatic carbocycles. The molecule has 90 valence electrons. The second kappa shape index (κ2) is 4.03. The molecule has 2 heteroatoms. The van der Waals surface area contributed by atoms with Crippen molar-refractivity contribution in [3.05, 3.63) is 12.2 Å². The molecule has 0 spiro atoms. The number of hydrogen-bond donors (Lipinski definition) is 0. The number of rotatable bonds is 1. The Kier molecular flexibility index (Phi) is 2.79. The van der Waals surface area contributed by atoms with Gasteiger partial charge in [-0.15, -0.1) is 11.6 Å². The van der Waals surface area contributed by atoms with E-state index in [-0.39, 0.29) is 11.5 Å². The van der Waals surface area contributed by atoms with Gasteiger partial charge in [0.1, 0.15) is 0 Å². The van der Waals surface area contributed by atoms with Crippen molar-refractivity contribution in [2.75, 3.05) is 7.11 Å². The maximum absolute atomic E-state index is 6.58. The van der Waals surface area contributed by atoms with E-state index in [4.69, 9.17) is 16.3 Å². The Morgan fingerprint density at radius 1 is 1.19 bits per heavy atom. The minimum atomic E-state index is 0.187. The third-order valence-corrected chi connectivity index (χ3v) is 5.90. The molecule has 1 nitrogen and oxygen atoms in total. The Morgan fingerprint density at radius 3 is 2.69 bits per heavy atom. The number of hydrogen-bond acceptors (Lipinski definition) is 1. The van der Waals surface area contributed by atoms with E-state index in [1.165, 1.54) is 12.8 Å². The third-order valence-electron chi connectivity index (χ3n) is 5.33. The molecule has 2 saturated carbocycles. The van der Waals surface area contributed by atoms with Crippen LogP contribution in [0.4, 0.5) is 0 Å². The van der Waals surface area contributed by atoms with Gasteiger partial charge in [0.25, 0.3) is 0 Å². The first-order valence-corrected chi connectivity index (χ1v) is 7.01. The van der Waals surface area contributed by atoms with Gasteiger partial charge in [0.05, 0.1) is 11.5 Å². The fourth-order valence-electron chi connectivity index (χ4n) is 4.14. The predicted octanol–water partition coefficient (Wildman–Crippen LogP) is 3.48. The molecule has 0 aliphatic heterocycles. The number of ether oxygens (including phenoxy) is 1. The van der Waals surface area contributed by atoms with Crippen LogP contribution in [0.5, 0.6) is 0 Å². The second-order valence-corrected chi connectivity index (χ2v) is 6.35. The van der Waals surface area contributed by atoms with E-state index >= 15 is 0 Å². The minimum Gasteiger partial charge on any atom is -0.380 e. The molecular formula is C14H21ClO. The van der Waals surface area contributed by atoms with E-state index in [0.717, 1.165) is 30.1 Å². The van der Waals surface area contributed by atoms with Gasteiger partial charge in [0, 0.05) is 7.11 Å². The SMILES string of the molecule is COC1CCC2[C@@H]3C[C@H](C=C[C@@H]2[C@@H]1Cl)C3C. The van der Waals surface area contributed by atoms with Crippen LogP contribution in [0.25, 0.3) is 0 Å². The normalized spacial score (nSPS) is 55.1. The highest BCUT2D eigenvalue weighted by Gasteiger charge is 2.49. The maximum Gasteiger partial charge on any atom is 0.0740 e. The average molecular weight is 241 g/mol. The van der Waals surface area contributed by atoms with E-state index in [1.54, 1.807) is 7.11 Å². The summed E-state index contributed by atoms with van der Waals surface area (Å²) in [7, 11) is 1.79. The van der Waals surface area contributed by atoms with Crippen molar-refractivity contribution in [2.24, 2.45) is 29.6 Å². The summed E-state index contributed by atoms with van der Waals surface area (Å²) in [4.78, 5) is 0. The first-order chi connectivity index (χ1) is 7.72. The third kappa shape index (κ3) is 1.48. The molecule has 0 aromatic heterocycles. The molecule has 0 saturated heterocycles. The van der Waals surface area contributed by atoms with E-state index in [2.05, 4.69) is 19.1 Å². The van der Waals surface area contributed by atoms with Crippen LogP contribution >= 0.6 is 11.6 Å². The molecule has 2 fully saturated rings. The van der Waals surface area contributed by atoms with Crippen molar-refractivity contribution in [3.8, 4) is 0 Å². The topological polar surface area (TPSA) is 9.23 Å². The van der Waals surface area contributed by atoms with Gasteiger partial charge in [-0.05, 0) is 48.9 Å². The lowest BCUT2D eigenvalue weighted by Crippen LogP contribution is -2.46. The zero-order chi connectivity index (χ0) is 11.3. The van der Waals surface area contributed by atoms with Crippen LogP contribution < -0.4 is 0 Å². The first kappa shape index (κ1) is 11.1. The summed E-state index contributed by atoms with van der Waals surface area (Å²) in [5.74, 6) is 4.01. The molecule has 4 rings (SSSR count). The quantitative estimate of drug-likeness (QED) is 0.504. The van der Waals surface area contributed by atoms with E-state index in [0.29, 0.717) is 5.92 Å². The van der Waals surface area contributed by atoms with Crippen LogP contribution in [0.1, 0.15) is 26.2 Å². The first-order valence-electron chi connectivity index (χ1n) is 6.57. The van der Waals surface area contributed by atoms with Crippen LogP contribution in [0, 0.1) is 29.6 Å². The standard InChI is InChI=1S/C14H21ClO/c1-8-9-3-4-11-10(12(8)7-9)5-6-13(16-2)14(11)15/h3-4,8-14H,5-7H2,1-2H3/t8?,9-,10?,11-,12+,13?,14-/m0/s1. The van der Waals surface area contributed by atoms with Crippen LogP contribution in [0.3, 0.4) is 0 Å². The van der Waals surface area contributed by atoms with Crippen LogP contribution in [-0.4, -0.2) is 18.6 Å². The van der Waals surface area contributed by atoms with E-state index in [9.17, 15) is 0 Å². The lowest BCUT2D eigenvalue weighted by Gasteiger charge is -2.48. The minimum absolute atomic E-state index is 0.187. The van der Waals surface area contributed by atoms with Crippen molar-refractivity contribution in [1.29, 1.82) is 0 Å². The second-order valence-electron chi connectivity index (χ2n) is 5.84. The van der Waals surface area contributed by atoms with Crippen molar-refractivity contribution >= 4 is 11.6 Å². The molecular weight excluding hydrogens is 220 g/mol. The Balaban J connectivity index is 1.83. The monoisotopic (exact) mass is 240 g/mol. The highest BCUT2D eigenvalue weighted by Crippen LogP contribution is 2.54. The predicted molar refractivity (Wildman–Crippen MR) is 66.6 cm³/mol. The van der Waals surface area contributed by atoms with Gasteiger partial charge in [-0.2, -0.15) is 0 Å². The number of halogens is 1. The molecule has 0 heterocycles. The highest BCUT2D eigenvalue weighted by molar-refractivity contribution is 6.21. The number of allylic oxidation sites excluding steroid dienone is 2. The maximum atomic E-state index is 6.58. The van der Waals surface area contributed by atoms with Gasteiger partial charge in [-0.3, -0.25) is 0 Å². The Labute approximate surface area is 103 Å². The molecule has 0 aromatic carbocycles. The van der Waals surface area contributed by atoms with Crippen molar-refractivity contribution in [2.45, 2.75) is 37.7 Å². The van der Waals surface area contributed by atoms with Crippen molar-refractivity contribution in [3.63, 3.8) is 0 Å². The van der Waals surface area contributed by atoms with Gasteiger partial charge < -0.3 is 4.74 Å². The molecule has 0 radical (unpaired) electrons. The van der Waals surface area contributed by atoms with E-state index < -0.39 is 0 Å². The average Bonchev–Trinajstić information content (AvgIpc) is 2.56. The van der Waals surface area contributed by atoms with E-state index in [1.807, 2.05) is 0 Å². The number of methoxy groups -OCH3 is 1. The zero-order valence-electron chi connectivity index (χ0n) is 10.1. The summed E-state index contributed by atoms with van der Waals surface area (Å²) < 4.78 is 5.50. The van der Waals surface area contributed by atoms with Crippen molar-refractivity contribution in [1.82, 2.24) is 0 Å². The van der Waals surface area contributed by atoms with Crippen LogP contribution in [0.15, 0.2) is 12.2 Å². The Bertz CT molecular complexity index is 301. The van der Waals surface area contributed by atoms with Crippen molar-refractivity contribution < 1.29 is 4.74 Å². The van der Waals surface area contributed by atoms with Crippen LogP contribution in [-0.2, 0) is 4.74 Å². The van der Waals surface area contributed by atoms with Gasteiger partial charge in [0.15, 0.2) is 0 Å². The summed E-state index contributed by atoms with van der Waals surface area (Å²) in [6, 6.07) is 0. The lowest BCUT2D eigenvalue weighted by molar-refractivity contribution is -0.00829. The molecule has 7 atom stereocenters. The molecule has 2 bridgehead atoms. The van der Waals surface area contributed by atoms with Gasteiger partial charge in [-0.25, -0.2) is 0 Å². The largest absolute Gasteiger partial charge is 0.380 e. The summed E-state index contributed by atoms with van der Waals surface area (Å²) in [5, 5.41) is 0.187. The molecule has 0 aromatic rings. The molecule has 16 heavy (non-hydrogen) atoms. The summed E-state index contributed by atoms with van der Waals surface area (Å²) >= 11 is 6.58. The van der Waals surface area contributed by atoms with Gasteiger partial charge >= 0.3 is 0 Å². The summed E-state index contributed by atoms with van der Waals surface area (Å²) in [6.07, 6.45) is 8.95. The summed E-state index contributed by atoms with van der Waals surface area (Å²) in [5.41, 5.74) is 0. The van der Waals surface area contributed by atoms with Gasteiger partial charge in [0.2, 0.25) is 0 Å². The Morgan fingerprint density at radius 2 is 2.00 bits per heavy atom. The fourth-order valence-corrected chi connectivity index (χ4v) is 4.64. The number of alkyl halides is 1. The highest BCUT2D eigenvalue weighted by atomic mass is 35.5. The molecule has 0 N–H and O–H groups in total. The molecule has 3 unspecified atom stereocenters. The zero-order valence-corrected chi connectivity index (χ0v) is 10.9. The van der Waals surface area contributed by atoms with Crippen LogP contribution in [0.2, 0.25) is 0 Å². The lowest BCUT2D eigenvalue weighted by atomic mass is 9.58. The molecule has 0 amide bonds. The fraction of sp³-hybridized carbons (Fsp3) is 0.857. The summed E-state index contributed by atoms with van der Waals surface area (Å²) in [6.45, 7) is 2.41. The Hall–Kier alpha value is -0.0100. The van der Waals surface area contributed by atoms with Gasteiger partial charge in [-0.1, -0.05) is 19.1 Å². The smallest absolute Gasteiger partial charge is 0.0740 e.